The summed E-state index contributed by atoms with van der Waals surface area (Å²) >= 11 is 0. The van der Waals surface area contributed by atoms with Gasteiger partial charge in [0.15, 0.2) is 5.84 Å². The molecule has 0 fully saturated rings. The van der Waals surface area contributed by atoms with Gasteiger partial charge in [-0.05, 0) is 18.2 Å². The van der Waals surface area contributed by atoms with Crippen LogP contribution in [0.25, 0.3) is 0 Å². The third kappa shape index (κ3) is 4.84. The van der Waals surface area contributed by atoms with Gasteiger partial charge in [0.05, 0.1) is 12.2 Å². The molecular weight excluding hydrogens is 297 g/mol. The number of esters is 1. The van der Waals surface area contributed by atoms with Gasteiger partial charge in [0.1, 0.15) is 12.4 Å². The van der Waals surface area contributed by atoms with Crippen molar-refractivity contribution in [2.45, 2.75) is 6.36 Å². The number of ether oxygens (including phenoxy) is 2. The Bertz CT molecular complexity index is 545. The molecule has 116 valence electrons. The van der Waals surface area contributed by atoms with Crippen LogP contribution in [0.3, 0.4) is 0 Å². The lowest BCUT2D eigenvalue weighted by Crippen LogP contribution is -2.21. The Kier molecular flexibility index (Phi) is 5.36. The number of nitrogens with zero attached hydrogens (tertiary/aromatic N) is 1. The quantitative estimate of drug-likeness (QED) is 0.244. The zero-order valence-corrected chi connectivity index (χ0v) is 10.4. The van der Waals surface area contributed by atoms with Crippen LogP contribution in [-0.4, -0.2) is 41.7 Å². The number of alkyl halides is 3. The molecule has 0 aliphatic heterocycles. The average molecular weight is 308 g/mol. The van der Waals surface area contributed by atoms with E-state index in [0.717, 1.165) is 18.2 Å². The van der Waals surface area contributed by atoms with E-state index in [9.17, 15) is 18.0 Å². The molecule has 0 amide bonds. The number of hydrogen-bond acceptors (Lipinski definition) is 6. The first-order valence-electron chi connectivity index (χ1n) is 5.44. The number of aliphatic hydroxyl groups is 1. The van der Waals surface area contributed by atoms with E-state index in [2.05, 4.69) is 14.6 Å². The van der Waals surface area contributed by atoms with E-state index in [1.54, 1.807) is 0 Å². The first-order valence-corrected chi connectivity index (χ1v) is 5.44. The number of carbonyl (C=O) groups excluding carboxylic acids is 1. The van der Waals surface area contributed by atoms with Crippen molar-refractivity contribution in [3.05, 3.63) is 29.3 Å². The number of aliphatic hydroxyl groups excluding tert-OH is 1. The van der Waals surface area contributed by atoms with Crippen LogP contribution in [0.4, 0.5) is 13.2 Å². The minimum Gasteiger partial charge on any atom is -0.460 e. The standard InChI is InChI=1S/C11H11F3N2O5/c12-11(13,14)21-6-1-2-7(9(15)16-19)8(5-6)10(18)20-4-3-17/h1-2,5,17,19H,3-4H2,(H2,15,16). The van der Waals surface area contributed by atoms with Gasteiger partial charge in [0.2, 0.25) is 0 Å². The number of oxime groups is 1. The second kappa shape index (κ2) is 6.79. The molecule has 7 nitrogen and oxygen atoms in total. The second-order valence-corrected chi connectivity index (χ2v) is 3.60. The molecule has 1 aromatic rings. The van der Waals surface area contributed by atoms with Gasteiger partial charge in [-0.15, -0.1) is 13.2 Å². The molecule has 0 radical (unpaired) electrons. The largest absolute Gasteiger partial charge is 0.573 e. The van der Waals surface area contributed by atoms with Gasteiger partial charge in [-0.2, -0.15) is 0 Å². The molecule has 0 saturated carbocycles. The smallest absolute Gasteiger partial charge is 0.460 e. The zero-order valence-electron chi connectivity index (χ0n) is 10.4. The van der Waals surface area contributed by atoms with Crippen molar-refractivity contribution in [1.82, 2.24) is 0 Å². The lowest BCUT2D eigenvalue weighted by Gasteiger charge is -2.12. The molecule has 0 aromatic heterocycles. The van der Waals surface area contributed by atoms with E-state index in [0.29, 0.717) is 0 Å². The average Bonchev–Trinajstić information content (AvgIpc) is 2.42. The topological polar surface area (TPSA) is 114 Å². The molecule has 10 heteroatoms. The van der Waals surface area contributed by atoms with Crippen LogP contribution in [0.1, 0.15) is 15.9 Å². The lowest BCUT2D eigenvalue weighted by atomic mass is 10.1. The summed E-state index contributed by atoms with van der Waals surface area (Å²) in [6.07, 6.45) is -4.94. The van der Waals surface area contributed by atoms with Gasteiger partial charge in [0, 0.05) is 5.56 Å². The summed E-state index contributed by atoms with van der Waals surface area (Å²) in [7, 11) is 0. The molecule has 0 aliphatic carbocycles. The highest BCUT2D eigenvalue weighted by Gasteiger charge is 2.31. The van der Waals surface area contributed by atoms with Crippen LogP contribution in [0.15, 0.2) is 23.4 Å². The molecule has 0 heterocycles. The molecule has 0 saturated heterocycles. The summed E-state index contributed by atoms with van der Waals surface area (Å²) in [5.74, 6) is -2.23. The van der Waals surface area contributed by atoms with Gasteiger partial charge < -0.3 is 25.5 Å². The summed E-state index contributed by atoms with van der Waals surface area (Å²) in [5.41, 5.74) is 4.77. The van der Waals surface area contributed by atoms with Crippen LogP contribution >= 0.6 is 0 Å². The maximum Gasteiger partial charge on any atom is 0.573 e. The monoisotopic (exact) mass is 308 g/mol. The summed E-state index contributed by atoms with van der Waals surface area (Å²) in [6, 6.07) is 2.63. The van der Waals surface area contributed by atoms with E-state index in [1.165, 1.54) is 0 Å². The third-order valence-electron chi connectivity index (χ3n) is 2.15. The van der Waals surface area contributed by atoms with Crippen molar-refractivity contribution in [2.24, 2.45) is 10.9 Å². The normalized spacial score (nSPS) is 12.1. The third-order valence-corrected chi connectivity index (χ3v) is 2.15. The number of hydrogen-bond donors (Lipinski definition) is 3. The van der Waals surface area contributed by atoms with Gasteiger partial charge in [-0.1, -0.05) is 5.16 Å². The van der Waals surface area contributed by atoms with E-state index in [4.69, 9.17) is 16.0 Å². The molecular formula is C11H11F3N2O5. The van der Waals surface area contributed by atoms with Crippen molar-refractivity contribution in [2.75, 3.05) is 13.2 Å². The summed E-state index contributed by atoms with van der Waals surface area (Å²) < 4.78 is 44.7. The summed E-state index contributed by atoms with van der Waals surface area (Å²) in [5, 5.41) is 19.8. The van der Waals surface area contributed by atoms with Crippen LogP contribution in [0.2, 0.25) is 0 Å². The fraction of sp³-hybridized carbons (Fsp3) is 0.273. The fourth-order valence-electron chi connectivity index (χ4n) is 1.38. The molecule has 1 rings (SSSR count). The van der Waals surface area contributed by atoms with Crippen molar-refractivity contribution >= 4 is 11.8 Å². The van der Waals surface area contributed by atoms with E-state index < -0.39 is 36.1 Å². The number of nitrogens with two attached hydrogens (primary N) is 1. The van der Waals surface area contributed by atoms with E-state index in [-0.39, 0.29) is 12.2 Å². The van der Waals surface area contributed by atoms with Crippen LogP contribution in [0, 0.1) is 0 Å². The first kappa shape index (κ1) is 16.6. The highest BCUT2D eigenvalue weighted by molar-refractivity contribution is 6.07. The Hall–Kier alpha value is -2.49. The lowest BCUT2D eigenvalue weighted by molar-refractivity contribution is -0.274. The molecule has 0 unspecified atom stereocenters. The van der Waals surface area contributed by atoms with E-state index >= 15 is 0 Å². The van der Waals surface area contributed by atoms with Gasteiger partial charge in [0.25, 0.3) is 0 Å². The minimum atomic E-state index is -4.94. The molecule has 0 bridgehead atoms. The van der Waals surface area contributed by atoms with Gasteiger partial charge >= 0.3 is 12.3 Å². The SMILES string of the molecule is NC(=NO)c1ccc(OC(F)(F)F)cc1C(=O)OCCO. The van der Waals surface area contributed by atoms with Gasteiger partial charge in [-0.25, -0.2) is 4.79 Å². The number of amidine groups is 1. The van der Waals surface area contributed by atoms with Crippen molar-refractivity contribution < 1.29 is 37.8 Å². The predicted molar refractivity (Wildman–Crippen MR) is 63.0 cm³/mol. The van der Waals surface area contributed by atoms with E-state index in [1.807, 2.05) is 0 Å². The summed E-state index contributed by atoms with van der Waals surface area (Å²) in [4.78, 5) is 11.7. The Morgan fingerprint density at radius 1 is 1.33 bits per heavy atom. The zero-order chi connectivity index (χ0) is 16.0. The maximum atomic E-state index is 12.1. The molecule has 0 aliphatic rings. The van der Waals surface area contributed by atoms with Gasteiger partial charge in [-0.3, -0.25) is 0 Å². The van der Waals surface area contributed by atoms with Crippen LogP contribution < -0.4 is 10.5 Å². The Morgan fingerprint density at radius 3 is 2.52 bits per heavy atom. The van der Waals surface area contributed by atoms with Crippen molar-refractivity contribution in [3.63, 3.8) is 0 Å². The predicted octanol–water partition coefficient (Wildman–Crippen LogP) is 0.829. The number of halogens is 3. The molecule has 21 heavy (non-hydrogen) atoms. The highest BCUT2D eigenvalue weighted by Crippen LogP contribution is 2.25. The first-order chi connectivity index (χ1) is 9.78. The van der Waals surface area contributed by atoms with Crippen molar-refractivity contribution in [3.8, 4) is 5.75 Å². The molecule has 0 atom stereocenters. The molecule has 4 N–H and O–H groups in total. The Balaban J connectivity index is 3.19. The Morgan fingerprint density at radius 2 is 2.00 bits per heavy atom. The molecule has 1 aromatic carbocycles. The van der Waals surface area contributed by atoms with Crippen molar-refractivity contribution in [1.29, 1.82) is 0 Å². The van der Waals surface area contributed by atoms with Crippen LogP contribution in [-0.2, 0) is 4.74 Å². The number of carbonyl (C=O) groups is 1. The minimum absolute atomic E-state index is 0.144. The number of benzene rings is 1. The highest BCUT2D eigenvalue weighted by atomic mass is 19.4. The second-order valence-electron chi connectivity index (χ2n) is 3.60. The maximum absolute atomic E-state index is 12.1. The summed E-state index contributed by atoms with van der Waals surface area (Å²) in [6.45, 7) is -0.831. The Labute approximate surface area is 116 Å². The fourth-order valence-corrected chi connectivity index (χ4v) is 1.38. The van der Waals surface area contributed by atoms with Crippen LogP contribution in [0.5, 0.6) is 5.75 Å². The number of rotatable bonds is 5. The molecule has 0 spiro atoms.